The van der Waals surface area contributed by atoms with Gasteiger partial charge >= 0.3 is 0 Å². The van der Waals surface area contributed by atoms with E-state index in [-0.39, 0.29) is 29.7 Å². The van der Waals surface area contributed by atoms with Crippen LogP contribution in [0.2, 0.25) is 0 Å². The quantitative estimate of drug-likeness (QED) is 0.737. The largest absolute Gasteiger partial charge is 0.626 e. The molecular weight excluding hydrogens is 366 g/mol. The van der Waals surface area contributed by atoms with Gasteiger partial charge in [-0.15, -0.1) is 0 Å². The number of nitrogens with one attached hydrogen (secondary N) is 1. The summed E-state index contributed by atoms with van der Waals surface area (Å²) in [5.74, 6) is 2.30. The third-order valence-electron chi connectivity index (χ3n) is 6.50. The summed E-state index contributed by atoms with van der Waals surface area (Å²) in [6.45, 7) is 9.18. The zero-order chi connectivity index (χ0) is 21.1. The van der Waals surface area contributed by atoms with Crippen LogP contribution < -0.4 is 5.06 Å². The van der Waals surface area contributed by atoms with Crippen LogP contribution in [0.1, 0.15) is 46.1 Å². The molecule has 0 aliphatic carbocycles. The van der Waals surface area contributed by atoms with Crippen LogP contribution in [0.3, 0.4) is 0 Å². The van der Waals surface area contributed by atoms with Crippen LogP contribution >= 0.6 is 0 Å². The van der Waals surface area contributed by atoms with E-state index in [1.54, 1.807) is 14.2 Å². The second kappa shape index (κ2) is 9.33. The van der Waals surface area contributed by atoms with Crippen LogP contribution in [0.4, 0.5) is 0 Å². The summed E-state index contributed by atoms with van der Waals surface area (Å²) < 4.78 is 18.2. The summed E-state index contributed by atoms with van der Waals surface area (Å²) in [6.07, 6.45) is 2.04. The molecular formula is C24H35NO4. The minimum Gasteiger partial charge on any atom is -0.626 e. The smallest absolute Gasteiger partial charge is 0.299 e. The SMILES string of the molecule is CCC(C)C1OC(C2=C(OC)[NH+]([O-])CC(c3ccccc3)=C2OC)C(C)CC1C. The second-order valence-electron chi connectivity index (χ2n) is 8.52. The molecule has 2 aliphatic rings. The van der Waals surface area contributed by atoms with Gasteiger partial charge in [-0.05, 0) is 29.7 Å². The van der Waals surface area contributed by atoms with Crippen LogP contribution in [0.15, 0.2) is 47.5 Å². The highest BCUT2D eigenvalue weighted by Gasteiger charge is 2.44. The molecule has 5 heteroatoms. The Kier molecular flexibility index (Phi) is 7.04. The molecule has 1 aromatic carbocycles. The monoisotopic (exact) mass is 401 g/mol. The van der Waals surface area contributed by atoms with Gasteiger partial charge in [-0.3, -0.25) is 0 Å². The van der Waals surface area contributed by atoms with Gasteiger partial charge in [-0.25, -0.2) is 0 Å². The lowest BCUT2D eigenvalue weighted by Crippen LogP contribution is -3.06. The first-order valence-electron chi connectivity index (χ1n) is 10.7. The van der Waals surface area contributed by atoms with Gasteiger partial charge in [0.2, 0.25) is 0 Å². The fourth-order valence-electron chi connectivity index (χ4n) is 4.89. The zero-order valence-electron chi connectivity index (χ0n) is 18.5. The van der Waals surface area contributed by atoms with E-state index < -0.39 is 0 Å². The number of hydrogen-bond acceptors (Lipinski definition) is 4. The molecule has 1 saturated heterocycles. The number of rotatable bonds is 6. The molecule has 0 saturated carbocycles. The highest BCUT2D eigenvalue weighted by Crippen LogP contribution is 2.41. The molecule has 1 N–H and O–H groups in total. The number of ether oxygens (including phenoxy) is 3. The molecule has 0 bridgehead atoms. The number of quaternary nitrogens is 1. The standard InChI is InChI=1S/C24H35NO4/c1-7-15(2)21-16(3)13-17(4)22(29-21)20-23(27-5)19(14-25(26)24(20)28-6)18-11-9-8-10-12-18/h8-12,15-17,21-22,25H,7,13-14H2,1-6H3. The van der Waals surface area contributed by atoms with E-state index in [1.807, 2.05) is 30.3 Å². The molecule has 1 fully saturated rings. The summed E-state index contributed by atoms with van der Waals surface area (Å²) in [4.78, 5) is 0. The van der Waals surface area contributed by atoms with E-state index >= 15 is 0 Å². The molecule has 0 amide bonds. The van der Waals surface area contributed by atoms with Gasteiger partial charge in [0.15, 0.2) is 0 Å². The van der Waals surface area contributed by atoms with Gasteiger partial charge in [-0.1, -0.05) is 64.4 Å². The minimum absolute atomic E-state index is 0.0170. The Morgan fingerprint density at radius 2 is 1.83 bits per heavy atom. The number of hydroxylamine groups is 2. The lowest BCUT2D eigenvalue weighted by Gasteiger charge is -2.44. The Bertz CT molecular complexity index is 757. The van der Waals surface area contributed by atoms with Crippen molar-refractivity contribution in [3.63, 3.8) is 0 Å². The fourth-order valence-corrected chi connectivity index (χ4v) is 4.89. The Morgan fingerprint density at radius 3 is 2.41 bits per heavy atom. The van der Waals surface area contributed by atoms with Gasteiger partial charge in [0, 0.05) is 0 Å². The van der Waals surface area contributed by atoms with E-state index in [1.165, 1.54) is 0 Å². The molecule has 3 rings (SSSR count). The molecule has 0 spiro atoms. The predicted octanol–water partition coefficient (Wildman–Crippen LogP) is 3.77. The van der Waals surface area contributed by atoms with Crippen molar-refractivity contribution in [3.8, 4) is 0 Å². The average molecular weight is 402 g/mol. The molecule has 1 aromatic rings. The van der Waals surface area contributed by atoms with Crippen LogP contribution in [0.25, 0.3) is 5.57 Å². The van der Waals surface area contributed by atoms with Crippen LogP contribution in [-0.4, -0.2) is 33.0 Å². The summed E-state index contributed by atoms with van der Waals surface area (Å²) in [7, 11) is 3.24. The maximum Gasteiger partial charge on any atom is 0.299 e. The number of methoxy groups -OCH3 is 2. The summed E-state index contributed by atoms with van der Waals surface area (Å²) >= 11 is 0. The first-order chi connectivity index (χ1) is 13.9. The van der Waals surface area contributed by atoms with E-state index in [9.17, 15) is 5.21 Å². The fraction of sp³-hybridized carbons (Fsp3) is 0.583. The number of benzene rings is 1. The Morgan fingerprint density at radius 1 is 1.14 bits per heavy atom. The van der Waals surface area contributed by atoms with Crippen molar-refractivity contribution in [2.75, 3.05) is 20.8 Å². The van der Waals surface area contributed by atoms with Crippen molar-refractivity contribution in [1.82, 2.24) is 0 Å². The second-order valence-corrected chi connectivity index (χ2v) is 8.52. The molecule has 2 aliphatic heterocycles. The maximum atomic E-state index is 13.0. The third-order valence-corrected chi connectivity index (χ3v) is 6.50. The van der Waals surface area contributed by atoms with E-state index in [2.05, 4.69) is 27.7 Å². The summed E-state index contributed by atoms with van der Waals surface area (Å²) in [5, 5.41) is 13.0. The molecule has 6 atom stereocenters. The first-order valence-corrected chi connectivity index (χ1v) is 10.7. The molecule has 0 aromatic heterocycles. The molecule has 6 unspecified atom stereocenters. The van der Waals surface area contributed by atoms with Crippen LogP contribution in [-0.2, 0) is 14.2 Å². The third kappa shape index (κ3) is 4.23. The molecule has 0 radical (unpaired) electrons. The Labute approximate surface area is 174 Å². The lowest BCUT2D eigenvalue weighted by molar-refractivity contribution is -0.817. The lowest BCUT2D eigenvalue weighted by atomic mass is 9.78. The van der Waals surface area contributed by atoms with Crippen molar-refractivity contribution < 1.29 is 19.3 Å². The van der Waals surface area contributed by atoms with Gasteiger partial charge < -0.3 is 24.5 Å². The van der Waals surface area contributed by atoms with Gasteiger partial charge in [0.1, 0.15) is 17.9 Å². The van der Waals surface area contributed by atoms with E-state index in [0.29, 0.717) is 17.7 Å². The van der Waals surface area contributed by atoms with Crippen LogP contribution in [0.5, 0.6) is 0 Å². The van der Waals surface area contributed by atoms with Gasteiger partial charge in [0.25, 0.3) is 5.88 Å². The van der Waals surface area contributed by atoms with E-state index in [4.69, 9.17) is 14.2 Å². The van der Waals surface area contributed by atoms with Crippen molar-refractivity contribution in [3.05, 3.63) is 58.3 Å². The topological polar surface area (TPSA) is 55.2 Å². The summed E-state index contributed by atoms with van der Waals surface area (Å²) in [5.41, 5.74) is 2.68. The molecule has 2 heterocycles. The molecule has 5 nitrogen and oxygen atoms in total. The average Bonchev–Trinajstić information content (AvgIpc) is 2.73. The molecule has 29 heavy (non-hydrogen) atoms. The Balaban J connectivity index is 2.10. The zero-order valence-corrected chi connectivity index (χ0v) is 18.5. The van der Waals surface area contributed by atoms with Gasteiger partial charge in [0.05, 0.1) is 32.0 Å². The first kappa shape index (κ1) is 21.9. The van der Waals surface area contributed by atoms with Gasteiger partial charge in [-0.2, -0.15) is 0 Å². The highest BCUT2D eigenvalue weighted by molar-refractivity contribution is 5.73. The van der Waals surface area contributed by atoms with E-state index in [0.717, 1.165) is 35.3 Å². The van der Waals surface area contributed by atoms with Crippen molar-refractivity contribution >= 4 is 5.57 Å². The van der Waals surface area contributed by atoms with Crippen molar-refractivity contribution in [2.24, 2.45) is 17.8 Å². The molecule has 160 valence electrons. The Hall–Kier alpha value is -1.82. The van der Waals surface area contributed by atoms with Crippen molar-refractivity contribution in [1.29, 1.82) is 0 Å². The normalized spacial score (nSPS) is 31.6. The minimum atomic E-state index is -0.224. The number of hydrogen-bond donors (Lipinski definition) is 1. The van der Waals surface area contributed by atoms with Crippen molar-refractivity contribution in [2.45, 2.75) is 52.7 Å². The summed E-state index contributed by atoms with van der Waals surface area (Å²) in [6, 6.07) is 9.98. The predicted molar refractivity (Wildman–Crippen MR) is 115 cm³/mol. The maximum absolute atomic E-state index is 13.0. The highest BCUT2D eigenvalue weighted by atomic mass is 16.6. The van der Waals surface area contributed by atoms with Crippen LogP contribution in [0, 0.1) is 23.0 Å².